The van der Waals surface area contributed by atoms with E-state index in [0.717, 1.165) is 16.6 Å². The fraction of sp³-hybridized carbons (Fsp3) is 0.647. The number of aliphatic hydroxyl groups excluding tert-OH is 1. The van der Waals surface area contributed by atoms with Crippen LogP contribution in [0.5, 0.6) is 0 Å². The highest BCUT2D eigenvalue weighted by molar-refractivity contribution is 9.10. The lowest BCUT2D eigenvalue weighted by atomic mass is 10.1. The molecule has 0 aliphatic heterocycles. The Kier molecular flexibility index (Phi) is 9.77. The number of hydrogen-bond donors (Lipinski definition) is 2. The number of halogens is 1. The van der Waals surface area contributed by atoms with E-state index in [0.29, 0.717) is 0 Å². The first-order valence-corrected chi connectivity index (χ1v) is 8.68. The van der Waals surface area contributed by atoms with E-state index in [9.17, 15) is 5.11 Å². The molecule has 0 amide bonds. The number of aliphatic hydroxyl groups is 1. The third-order valence-electron chi connectivity index (χ3n) is 3.57. The smallest absolute Gasteiger partial charge is 0.0632 e. The van der Waals surface area contributed by atoms with Gasteiger partial charge in [0.1, 0.15) is 0 Å². The van der Waals surface area contributed by atoms with Gasteiger partial charge in [0.25, 0.3) is 0 Å². The molecule has 0 spiro atoms. The lowest BCUT2D eigenvalue weighted by molar-refractivity contribution is 0.266. The van der Waals surface area contributed by atoms with Crippen LogP contribution < -0.4 is 5.32 Å². The van der Waals surface area contributed by atoms with Crippen molar-refractivity contribution in [3.05, 3.63) is 28.7 Å². The van der Waals surface area contributed by atoms with E-state index < -0.39 is 0 Å². The lowest BCUT2D eigenvalue weighted by Crippen LogP contribution is -2.23. The van der Waals surface area contributed by atoms with Gasteiger partial charge in [-0.3, -0.25) is 0 Å². The van der Waals surface area contributed by atoms with Crippen LogP contribution in [0.1, 0.15) is 58.3 Å². The Morgan fingerprint density at radius 2 is 1.80 bits per heavy atom. The number of rotatable bonds is 11. The molecular weight excluding hydrogens is 314 g/mol. The predicted octanol–water partition coefficient (Wildman–Crippen LogP) is 5.36. The average Bonchev–Trinajstić information content (AvgIpc) is 2.45. The maximum absolute atomic E-state index is 9.46. The molecule has 0 heterocycles. The average molecular weight is 342 g/mol. The summed E-state index contributed by atoms with van der Waals surface area (Å²) in [6.45, 7) is 2.45. The molecule has 3 heteroatoms. The van der Waals surface area contributed by atoms with Crippen LogP contribution in [0.25, 0.3) is 0 Å². The van der Waals surface area contributed by atoms with Gasteiger partial charge >= 0.3 is 0 Å². The number of anilines is 1. The molecule has 2 nitrogen and oxygen atoms in total. The highest BCUT2D eigenvalue weighted by Crippen LogP contribution is 2.18. The van der Waals surface area contributed by atoms with E-state index >= 15 is 0 Å². The van der Waals surface area contributed by atoms with Crippen molar-refractivity contribution in [1.29, 1.82) is 0 Å². The van der Waals surface area contributed by atoms with Crippen molar-refractivity contribution in [1.82, 2.24) is 0 Å². The van der Waals surface area contributed by atoms with Gasteiger partial charge in [0.05, 0.1) is 6.61 Å². The van der Waals surface area contributed by atoms with Crippen LogP contribution in [0.15, 0.2) is 28.7 Å². The number of benzene rings is 1. The van der Waals surface area contributed by atoms with Crippen molar-refractivity contribution < 1.29 is 5.11 Å². The molecule has 1 aromatic rings. The van der Waals surface area contributed by atoms with Gasteiger partial charge in [0, 0.05) is 16.2 Å². The first kappa shape index (κ1) is 17.5. The van der Waals surface area contributed by atoms with Crippen LogP contribution in [-0.2, 0) is 0 Å². The van der Waals surface area contributed by atoms with Crippen molar-refractivity contribution in [3.8, 4) is 0 Å². The molecule has 0 aromatic heterocycles. The van der Waals surface area contributed by atoms with E-state index in [4.69, 9.17) is 0 Å². The topological polar surface area (TPSA) is 32.3 Å². The molecular formula is C17H28BrNO. The second-order valence-electron chi connectivity index (χ2n) is 5.44. The quantitative estimate of drug-likeness (QED) is 0.531. The predicted molar refractivity (Wildman–Crippen MR) is 91.2 cm³/mol. The fourth-order valence-electron chi connectivity index (χ4n) is 2.37. The maximum atomic E-state index is 9.46. The highest BCUT2D eigenvalue weighted by atomic mass is 79.9. The van der Waals surface area contributed by atoms with E-state index in [1.807, 2.05) is 24.3 Å². The van der Waals surface area contributed by atoms with Gasteiger partial charge in [0.15, 0.2) is 0 Å². The van der Waals surface area contributed by atoms with E-state index in [-0.39, 0.29) is 12.6 Å². The highest BCUT2D eigenvalue weighted by Gasteiger charge is 2.07. The minimum absolute atomic E-state index is 0.167. The minimum atomic E-state index is 0.167. The van der Waals surface area contributed by atoms with Crippen molar-refractivity contribution in [2.24, 2.45) is 0 Å². The standard InChI is InChI=1S/C17H28BrNO/c1-2-3-4-5-6-7-8-11-17(14-20)19-16-12-9-10-15(18)13-16/h9-10,12-13,17,19-20H,2-8,11,14H2,1H3. The second-order valence-corrected chi connectivity index (χ2v) is 6.36. The molecule has 0 saturated carbocycles. The Hall–Kier alpha value is -0.540. The van der Waals surface area contributed by atoms with Crippen molar-refractivity contribution >= 4 is 21.6 Å². The van der Waals surface area contributed by atoms with Crippen molar-refractivity contribution in [3.63, 3.8) is 0 Å². The second kappa shape index (κ2) is 11.2. The van der Waals surface area contributed by atoms with Gasteiger partial charge in [-0.25, -0.2) is 0 Å². The third kappa shape index (κ3) is 7.91. The van der Waals surface area contributed by atoms with Crippen molar-refractivity contribution in [2.45, 2.75) is 64.3 Å². The summed E-state index contributed by atoms with van der Waals surface area (Å²) in [6.07, 6.45) is 10.2. The minimum Gasteiger partial charge on any atom is -0.394 e. The van der Waals surface area contributed by atoms with Gasteiger partial charge in [-0.2, -0.15) is 0 Å². The largest absolute Gasteiger partial charge is 0.394 e. The Labute approximate surface area is 132 Å². The van der Waals surface area contributed by atoms with Crippen LogP contribution >= 0.6 is 15.9 Å². The summed E-state index contributed by atoms with van der Waals surface area (Å²) in [7, 11) is 0. The van der Waals surface area contributed by atoms with E-state index in [1.54, 1.807) is 0 Å². The Morgan fingerprint density at radius 1 is 1.10 bits per heavy atom. The van der Waals surface area contributed by atoms with E-state index in [1.165, 1.54) is 44.9 Å². The van der Waals surface area contributed by atoms with Gasteiger partial charge in [-0.1, -0.05) is 73.9 Å². The molecule has 1 aromatic carbocycles. The van der Waals surface area contributed by atoms with Gasteiger partial charge in [-0.05, 0) is 24.6 Å². The van der Waals surface area contributed by atoms with Crippen LogP contribution in [0.2, 0.25) is 0 Å². The Balaban J connectivity index is 2.16. The summed E-state index contributed by atoms with van der Waals surface area (Å²) in [5.74, 6) is 0. The molecule has 2 N–H and O–H groups in total. The summed E-state index contributed by atoms with van der Waals surface area (Å²) in [6, 6.07) is 8.27. The Bertz CT molecular complexity index is 357. The SMILES string of the molecule is CCCCCCCCCC(CO)Nc1cccc(Br)c1. The van der Waals surface area contributed by atoms with Crippen molar-refractivity contribution in [2.75, 3.05) is 11.9 Å². The van der Waals surface area contributed by atoms with Crippen LogP contribution in [0, 0.1) is 0 Å². The van der Waals surface area contributed by atoms with Gasteiger partial charge in [-0.15, -0.1) is 0 Å². The zero-order chi connectivity index (χ0) is 14.6. The molecule has 1 atom stereocenters. The first-order chi connectivity index (χ1) is 9.76. The van der Waals surface area contributed by atoms with Crippen LogP contribution in [0.4, 0.5) is 5.69 Å². The Morgan fingerprint density at radius 3 is 2.45 bits per heavy atom. The first-order valence-electron chi connectivity index (χ1n) is 7.89. The molecule has 0 aliphatic rings. The molecule has 0 aliphatic carbocycles. The van der Waals surface area contributed by atoms with Gasteiger partial charge < -0.3 is 10.4 Å². The van der Waals surface area contributed by atoms with Crippen LogP contribution in [-0.4, -0.2) is 17.8 Å². The summed E-state index contributed by atoms with van der Waals surface area (Å²) in [5, 5.41) is 12.9. The fourth-order valence-corrected chi connectivity index (χ4v) is 2.77. The molecule has 1 rings (SSSR count). The molecule has 1 unspecified atom stereocenters. The monoisotopic (exact) mass is 341 g/mol. The lowest BCUT2D eigenvalue weighted by Gasteiger charge is -2.17. The van der Waals surface area contributed by atoms with Gasteiger partial charge in [0.2, 0.25) is 0 Å². The molecule has 0 radical (unpaired) electrons. The molecule has 0 bridgehead atoms. The van der Waals surface area contributed by atoms with E-state index in [2.05, 4.69) is 28.2 Å². The zero-order valence-electron chi connectivity index (χ0n) is 12.6. The summed E-state index contributed by atoms with van der Waals surface area (Å²) < 4.78 is 1.06. The normalized spacial score (nSPS) is 12.3. The zero-order valence-corrected chi connectivity index (χ0v) is 14.2. The maximum Gasteiger partial charge on any atom is 0.0632 e. The summed E-state index contributed by atoms with van der Waals surface area (Å²) in [5.41, 5.74) is 1.07. The molecule has 20 heavy (non-hydrogen) atoms. The summed E-state index contributed by atoms with van der Waals surface area (Å²) >= 11 is 3.47. The molecule has 0 saturated heterocycles. The number of unbranched alkanes of at least 4 members (excludes halogenated alkanes) is 6. The number of nitrogens with one attached hydrogen (secondary N) is 1. The van der Waals surface area contributed by atoms with Crippen LogP contribution in [0.3, 0.4) is 0 Å². The molecule has 0 fully saturated rings. The third-order valence-corrected chi connectivity index (χ3v) is 4.07. The number of hydrogen-bond acceptors (Lipinski definition) is 2. The summed E-state index contributed by atoms with van der Waals surface area (Å²) in [4.78, 5) is 0. The molecule has 114 valence electrons.